The van der Waals surface area contributed by atoms with Crippen LogP contribution in [-0.4, -0.2) is 9.91 Å². The highest BCUT2D eigenvalue weighted by Gasteiger charge is 2.42. The summed E-state index contributed by atoms with van der Waals surface area (Å²) in [5, 5.41) is 10.3. The molecular formula is C7H2F6N2O2. The molecule has 0 aliphatic rings. The van der Waals surface area contributed by atoms with Crippen molar-refractivity contribution in [1.82, 2.24) is 4.98 Å². The third-order valence-corrected chi connectivity index (χ3v) is 1.75. The number of nitro groups is 1. The average molecular weight is 260 g/mol. The lowest BCUT2D eigenvalue weighted by Gasteiger charge is -2.11. The molecule has 0 aliphatic carbocycles. The van der Waals surface area contributed by atoms with Crippen LogP contribution in [0.5, 0.6) is 0 Å². The van der Waals surface area contributed by atoms with Crippen LogP contribution in [0.25, 0.3) is 0 Å². The van der Waals surface area contributed by atoms with Crippen molar-refractivity contribution in [2.24, 2.45) is 0 Å². The van der Waals surface area contributed by atoms with E-state index in [-0.39, 0.29) is 6.20 Å². The minimum Gasteiger partial charge on any atom is -0.258 e. The number of hydrogen-bond acceptors (Lipinski definition) is 3. The lowest BCUT2D eigenvalue weighted by molar-refractivity contribution is -0.389. The Morgan fingerprint density at radius 3 is 2.24 bits per heavy atom. The molecule has 0 bridgehead atoms. The number of halogens is 6. The molecular weight excluding hydrogens is 258 g/mol. The molecule has 4 nitrogen and oxygen atoms in total. The fraction of sp³-hybridized carbons (Fsp3) is 0.286. The molecule has 10 heteroatoms. The molecule has 94 valence electrons. The van der Waals surface area contributed by atoms with Gasteiger partial charge >= 0.3 is 11.9 Å². The highest BCUT2D eigenvalue weighted by atomic mass is 19.4. The Kier molecular flexibility index (Phi) is 3.25. The van der Waals surface area contributed by atoms with Crippen LogP contribution in [0.3, 0.4) is 0 Å². The Hall–Kier alpha value is -1.87. The number of nitrogens with zero attached hydrogens (tertiary/aromatic N) is 2. The summed E-state index contributed by atoms with van der Waals surface area (Å²) in [4.78, 5) is 11.0. The molecule has 1 heterocycles. The molecule has 1 aromatic rings. The van der Waals surface area contributed by atoms with Crippen molar-refractivity contribution in [2.75, 3.05) is 0 Å². The Bertz CT molecular complexity index is 458. The quantitative estimate of drug-likeness (QED) is 0.355. The van der Waals surface area contributed by atoms with E-state index in [2.05, 4.69) is 4.98 Å². The Morgan fingerprint density at radius 2 is 1.88 bits per heavy atom. The van der Waals surface area contributed by atoms with Gasteiger partial charge in [-0.3, -0.25) is 10.1 Å². The second kappa shape index (κ2) is 4.18. The van der Waals surface area contributed by atoms with Crippen LogP contribution in [0.15, 0.2) is 6.20 Å². The van der Waals surface area contributed by atoms with Gasteiger partial charge in [0.2, 0.25) is 0 Å². The normalized spacial score (nSPS) is 11.9. The maximum atomic E-state index is 12.8. The molecule has 0 fully saturated rings. The zero-order valence-electron chi connectivity index (χ0n) is 7.63. The molecule has 0 unspecified atom stereocenters. The van der Waals surface area contributed by atoms with Gasteiger partial charge in [-0.15, -0.1) is 0 Å². The van der Waals surface area contributed by atoms with Crippen LogP contribution in [0.4, 0.5) is 32.0 Å². The van der Waals surface area contributed by atoms with Gasteiger partial charge in [-0.25, -0.2) is 13.8 Å². The minimum absolute atomic E-state index is 0.205. The van der Waals surface area contributed by atoms with Gasteiger partial charge in [-0.2, -0.15) is 17.6 Å². The van der Waals surface area contributed by atoms with E-state index in [1.807, 2.05) is 0 Å². The standard InChI is InChI=1S/C7H2F6N2O2/c8-5(9)3-2(7(11,12)13)1-14-6(10)4(3)15(16)17/h1,5H. The molecule has 0 atom stereocenters. The number of pyridine rings is 1. The van der Waals surface area contributed by atoms with Gasteiger partial charge in [0.05, 0.1) is 10.5 Å². The molecule has 0 saturated heterocycles. The molecule has 0 spiro atoms. The van der Waals surface area contributed by atoms with Crippen LogP contribution in [0, 0.1) is 16.1 Å². The highest BCUT2D eigenvalue weighted by Crippen LogP contribution is 2.40. The van der Waals surface area contributed by atoms with Crippen molar-refractivity contribution in [3.05, 3.63) is 33.4 Å². The summed E-state index contributed by atoms with van der Waals surface area (Å²) < 4.78 is 74.3. The fourth-order valence-corrected chi connectivity index (χ4v) is 1.11. The number of aromatic nitrogens is 1. The predicted octanol–water partition coefficient (Wildman–Crippen LogP) is 3.09. The second-order valence-electron chi connectivity index (χ2n) is 2.78. The smallest absolute Gasteiger partial charge is 0.258 e. The van der Waals surface area contributed by atoms with Crippen molar-refractivity contribution in [3.63, 3.8) is 0 Å². The van der Waals surface area contributed by atoms with Crippen LogP contribution in [0.1, 0.15) is 17.6 Å². The van der Waals surface area contributed by atoms with Gasteiger partial charge in [0, 0.05) is 6.20 Å². The molecule has 0 radical (unpaired) electrons. The van der Waals surface area contributed by atoms with Crippen LogP contribution in [0.2, 0.25) is 0 Å². The van der Waals surface area contributed by atoms with Gasteiger partial charge in [0.15, 0.2) is 0 Å². The first-order chi connectivity index (χ1) is 7.66. The molecule has 0 saturated carbocycles. The first kappa shape index (κ1) is 13.2. The minimum atomic E-state index is -5.28. The third-order valence-electron chi connectivity index (χ3n) is 1.75. The topological polar surface area (TPSA) is 56.0 Å². The summed E-state index contributed by atoms with van der Waals surface area (Å²) in [6.45, 7) is 0. The van der Waals surface area contributed by atoms with E-state index in [9.17, 15) is 36.5 Å². The highest BCUT2D eigenvalue weighted by molar-refractivity contribution is 5.45. The van der Waals surface area contributed by atoms with E-state index >= 15 is 0 Å². The summed E-state index contributed by atoms with van der Waals surface area (Å²) in [6, 6.07) is 0. The van der Waals surface area contributed by atoms with Crippen molar-refractivity contribution in [3.8, 4) is 0 Å². The predicted molar refractivity (Wildman–Crippen MR) is 40.8 cm³/mol. The Balaban J connectivity index is 3.65. The summed E-state index contributed by atoms with van der Waals surface area (Å²) in [7, 11) is 0. The summed E-state index contributed by atoms with van der Waals surface area (Å²) in [5.41, 5.74) is -6.01. The molecule has 1 aromatic heterocycles. The monoisotopic (exact) mass is 260 g/mol. The van der Waals surface area contributed by atoms with E-state index in [0.29, 0.717) is 0 Å². The lowest BCUT2D eigenvalue weighted by atomic mass is 10.1. The molecule has 0 aliphatic heterocycles. The van der Waals surface area contributed by atoms with Crippen LogP contribution in [-0.2, 0) is 6.18 Å². The third kappa shape index (κ3) is 2.45. The summed E-state index contributed by atoms with van der Waals surface area (Å²) >= 11 is 0. The largest absolute Gasteiger partial charge is 0.418 e. The Labute approximate surface area is 89.0 Å². The van der Waals surface area contributed by atoms with Gasteiger partial charge < -0.3 is 0 Å². The van der Waals surface area contributed by atoms with Gasteiger partial charge in [0.1, 0.15) is 5.56 Å². The molecule has 0 aromatic carbocycles. The average Bonchev–Trinajstić information content (AvgIpc) is 2.14. The lowest BCUT2D eigenvalue weighted by Crippen LogP contribution is -2.14. The second-order valence-corrected chi connectivity index (χ2v) is 2.78. The maximum absolute atomic E-state index is 12.8. The van der Waals surface area contributed by atoms with Crippen LogP contribution >= 0.6 is 0 Å². The Morgan fingerprint density at radius 1 is 1.35 bits per heavy atom. The molecule has 1 rings (SSSR count). The first-order valence-electron chi connectivity index (χ1n) is 3.84. The zero-order valence-corrected chi connectivity index (χ0v) is 7.63. The van der Waals surface area contributed by atoms with E-state index in [0.717, 1.165) is 0 Å². The van der Waals surface area contributed by atoms with Gasteiger partial charge in [-0.05, 0) is 0 Å². The van der Waals surface area contributed by atoms with Crippen molar-refractivity contribution >= 4 is 5.69 Å². The number of alkyl halides is 5. The van der Waals surface area contributed by atoms with Gasteiger partial charge in [-0.1, -0.05) is 0 Å². The summed E-state index contributed by atoms with van der Waals surface area (Å²) in [5.74, 6) is -1.99. The fourth-order valence-electron chi connectivity index (χ4n) is 1.11. The molecule has 0 amide bonds. The summed E-state index contributed by atoms with van der Waals surface area (Å²) in [6.07, 6.45) is -9.33. The van der Waals surface area contributed by atoms with E-state index in [4.69, 9.17) is 0 Å². The first-order valence-corrected chi connectivity index (χ1v) is 3.84. The van der Waals surface area contributed by atoms with Crippen LogP contribution < -0.4 is 0 Å². The van der Waals surface area contributed by atoms with Gasteiger partial charge in [0.25, 0.3) is 12.4 Å². The van der Waals surface area contributed by atoms with Crippen molar-refractivity contribution in [1.29, 1.82) is 0 Å². The van der Waals surface area contributed by atoms with E-state index in [1.54, 1.807) is 0 Å². The maximum Gasteiger partial charge on any atom is 0.418 e. The van der Waals surface area contributed by atoms with Crippen molar-refractivity contribution < 1.29 is 31.3 Å². The van der Waals surface area contributed by atoms with Crippen molar-refractivity contribution in [2.45, 2.75) is 12.6 Å². The number of rotatable bonds is 2. The zero-order chi connectivity index (χ0) is 13.4. The van der Waals surface area contributed by atoms with E-state index < -0.39 is 40.3 Å². The SMILES string of the molecule is O=[N+]([O-])c1c(F)ncc(C(F)(F)F)c1C(F)F. The molecule has 0 N–H and O–H groups in total. The van der Waals surface area contributed by atoms with E-state index in [1.165, 1.54) is 0 Å². The number of hydrogen-bond donors (Lipinski definition) is 0. The molecule has 17 heavy (non-hydrogen) atoms.